The number of nitrogens with one attached hydrogen (secondary N) is 2. The van der Waals surface area contributed by atoms with Crippen molar-refractivity contribution in [2.45, 2.75) is 39.2 Å². The first-order valence-electron chi connectivity index (χ1n) is 10.1. The zero-order valence-electron chi connectivity index (χ0n) is 16.5. The quantitative estimate of drug-likeness (QED) is 0.574. The lowest BCUT2D eigenvalue weighted by atomic mass is 9.99. The van der Waals surface area contributed by atoms with Gasteiger partial charge in [0.2, 0.25) is 0 Å². The van der Waals surface area contributed by atoms with Crippen LogP contribution in [0.2, 0.25) is 0 Å². The Morgan fingerprint density at radius 1 is 0.929 bits per heavy atom. The van der Waals surface area contributed by atoms with Crippen LogP contribution < -0.4 is 15.5 Å². The normalized spacial score (nSPS) is 13.0. The van der Waals surface area contributed by atoms with Gasteiger partial charge in [0.15, 0.2) is 0 Å². The molecule has 0 aromatic heterocycles. The largest absolute Gasteiger partial charge is 0.367 e. The number of benzene rings is 2. The molecular weight excluding hydrogens is 350 g/mol. The van der Waals surface area contributed by atoms with Crippen molar-refractivity contribution < 1.29 is 9.59 Å². The maximum atomic E-state index is 11.6. The van der Waals surface area contributed by atoms with Crippen LogP contribution in [0.4, 0.5) is 5.69 Å². The van der Waals surface area contributed by atoms with E-state index in [4.69, 9.17) is 0 Å². The van der Waals surface area contributed by atoms with E-state index >= 15 is 0 Å². The molecule has 1 aliphatic heterocycles. The molecule has 1 heterocycles. The highest BCUT2D eigenvalue weighted by Crippen LogP contribution is 2.24. The Morgan fingerprint density at radius 2 is 1.61 bits per heavy atom. The van der Waals surface area contributed by atoms with Crippen LogP contribution in [-0.4, -0.2) is 31.4 Å². The lowest BCUT2D eigenvalue weighted by Crippen LogP contribution is -2.40. The number of anilines is 1. The van der Waals surface area contributed by atoms with Crippen molar-refractivity contribution in [3.8, 4) is 0 Å². The molecule has 0 saturated carbocycles. The van der Waals surface area contributed by atoms with Crippen LogP contribution in [0.15, 0.2) is 48.5 Å². The fourth-order valence-electron chi connectivity index (χ4n) is 3.48. The molecule has 2 N–H and O–H groups in total. The van der Waals surface area contributed by atoms with Gasteiger partial charge in [-0.05, 0) is 54.5 Å². The summed E-state index contributed by atoms with van der Waals surface area (Å²) in [5.41, 5.74) is 5.36. The molecular formula is C23H29N3O2. The lowest BCUT2D eigenvalue weighted by Gasteiger charge is -2.30. The third-order valence-electron chi connectivity index (χ3n) is 5.10. The van der Waals surface area contributed by atoms with Crippen LogP contribution in [0.3, 0.4) is 0 Å². The van der Waals surface area contributed by atoms with Gasteiger partial charge in [0.05, 0.1) is 0 Å². The highest BCUT2D eigenvalue weighted by Gasteiger charge is 2.16. The second-order valence-electron chi connectivity index (χ2n) is 7.22. The second-order valence-corrected chi connectivity index (χ2v) is 7.22. The third-order valence-corrected chi connectivity index (χ3v) is 5.10. The van der Waals surface area contributed by atoms with E-state index in [1.807, 2.05) is 6.92 Å². The lowest BCUT2D eigenvalue weighted by molar-refractivity contribution is -0.139. The van der Waals surface area contributed by atoms with E-state index in [9.17, 15) is 9.59 Å². The van der Waals surface area contributed by atoms with Gasteiger partial charge >= 0.3 is 11.8 Å². The molecule has 0 radical (unpaired) electrons. The van der Waals surface area contributed by atoms with Crippen molar-refractivity contribution in [2.24, 2.45) is 0 Å². The van der Waals surface area contributed by atoms with Gasteiger partial charge in [0.25, 0.3) is 0 Å². The number of amides is 2. The van der Waals surface area contributed by atoms with E-state index in [1.54, 1.807) is 0 Å². The molecule has 0 fully saturated rings. The Hall–Kier alpha value is -2.82. The first kappa shape index (κ1) is 19.9. The summed E-state index contributed by atoms with van der Waals surface area (Å²) in [6, 6.07) is 17.3. The van der Waals surface area contributed by atoms with Crippen LogP contribution in [0.25, 0.3) is 0 Å². The number of fused-ring (bicyclic) bond motifs is 1. The fraction of sp³-hybridized carbons (Fsp3) is 0.391. The molecule has 5 nitrogen and oxygen atoms in total. The number of rotatable bonds is 7. The first-order valence-corrected chi connectivity index (χ1v) is 10.1. The Labute approximate surface area is 167 Å². The highest BCUT2D eigenvalue weighted by molar-refractivity contribution is 6.35. The smallest absolute Gasteiger partial charge is 0.309 e. The monoisotopic (exact) mass is 379 g/mol. The zero-order valence-corrected chi connectivity index (χ0v) is 16.5. The fourth-order valence-corrected chi connectivity index (χ4v) is 3.48. The van der Waals surface area contributed by atoms with Crippen LogP contribution in [-0.2, 0) is 29.0 Å². The molecule has 0 unspecified atom stereocenters. The van der Waals surface area contributed by atoms with Crippen molar-refractivity contribution >= 4 is 17.5 Å². The van der Waals surface area contributed by atoms with Gasteiger partial charge < -0.3 is 15.5 Å². The average Bonchev–Trinajstić information content (AvgIpc) is 2.75. The molecule has 0 bridgehead atoms. The van der Waals surface area contributed by atoms with E-state index in [-0.39, 0.29) is 0 Å². The molecule has 3 rings (SSSR count). The summed E-state index contributed by atoms with van der Waals surface area (Å²) in [5.74, 6) is -1.09. The maximum Gasteiger partial charge on any atom is 0.309 e. The Balaban J connectivity index is 1.43. The summed E-state index contributed by atoms with van der Waals surface area (Å²) in [4.78, 5) is 25.6. The van der Waals surface area contributed by atoms with E-state index in [1.165, 1.54) is 22.4 Å². The van der Waals surface area contributed by atoms with Crippen molar-refractivity contribution in [1.82, 2.24) is 10.6 Å². The molecule has 2 amide bonds. The van der Waals surface area contributed by atoms with E-state index in [0.29, 0.717) is 13.1 Å². The first-order chi connectivity index (χ1) is 13.7. The number of carbonyl (C=O) groups excluding carboxylic acids is 2. The molecule has 0 spiro atoms. The maximum absolute atomic E-state index is 11.6. The standard InChI is InChI=1S/C23H29N3O2/c1-2-14-24-22(27)23(28)25-15-5-6-18-9-11-21(12-10-18)26-16-13-19-7-3-4-8-20(19)17-26/h3-4,7-12H,2,5-6,13-17H2,1H3,(H,24,27)(H,25,28). The van der Waals surface area contributed by atoms with Crippen molar-refractivity contribution in [3.05, 3.63) is 65.2 Å². The molecule has 148 valence electrons. The SMILES string of the molecule is CCCNC(=O)C(=O)NCCCc1ccc(N2CCc3ccccc3C2)cc1. The van der Waals surface area contributed by atoms with Gasteiger partial charge in [0, 0.05) is 31.9 Å². The Bertz CT molecular complexity index is 802. The topological polar surface area (TPSA) is 61.4 Å². The second kappa shape index (κ2) is 9.93. The molecule has 28 heavy (non-hydrogen) atoms. The number of carbonyl (C=O) groups is 2. The molecule has 1 aliphatic rings. The van der Waals surface area contributed by atoms with Crippen LogP contribution in [0, 0.1) is 0 Å². The van der Waals surface area contributed by atoms with Crippen LogP contribution in [0.1, 0.15) is 36.5 Å². The predicted molar refractivity (Wildman–Crippen MR) is 112 cm³/mol. The number of aryl methyl sites for hydroxylation is 1. The zero-order chi connectivity index (χ0) is 19.8. The third kappa shape index (κ3) is 5.35. The summed E-state index contributed by atoms with van der Waals surface area (Å²) in [6.45, 7) is 4.99. The molecule has 2 aromatic carbocycles. The summed E-state index contributed by atoms with van der Waals surface area (Å²) in [7, 11) is 0. The van der Waals surface area contributed by atoms with Crippen molar-refractivity contribution in [1.29, 1.82) is 0 Å². The van der Waals surface area contributed by atoms with E-state index < -0.39 is 11.8 Å². The molecule has 0 atom stereocenters. The Morgan fingerprint density at radius 3 is 2.32 bits per heavy atom. The predicted octanol–water partition coefficient (Wildman–Crippen LogP) is 2.82. The average molecular weight is 380 g/mol. The van der Waals surface area contributed by atoms with Crippen LogP contribution in [0.5, 0.6) is 0 Å². The summed E-state index contributed by atoms with van der Waals surface area (Å²) >= 11 is 0. The van der Waals surface area contributed by atoms with E-state index in [2.05, 4.69) is 64.1 Å². The van der Waals surface area contributed by atoms with Crippen LogP contribution >= 0.6 is 0 Å². The van der Waals surface area contributed by atoms with Gasteiger partial charge in [-0.3, -0.25) is 9.59 Å². The minimum absolute atomic E-state index is 0.503. The minimum atomic E-state index is -0.547. The molecule has 2 aromatic rings. The number of hydrogen-bond donors (Lipinski definition) is 2. The van der Waals surface area contributed by atoms with Gasteiger partial charge in [-0.15, -0.1) is 0 Å². The Kier molecular flexibility index (Phi) is 7.06. The number of hydrogen-bond acceptors (Lipinski definition) is 3. The van der Waals surface area contributed by atoms with Crippen molar-refractivity contribution in [3.63, 3.8) is 0 Å². The molecule has 5 heteroatoms. The summed E-state index contributed by atoms with van der Waals surface area (Å²) < 4.78 is 0. The summed E-state index contributed by atoms with van der Waals surface area (Å²) in [5, 5.41) is 5.25. The van der Waals surface area contributed by atoms with Crippen molar-refractivity contribution in [2.75, 3.05) is 24.5 Å². The molecule has 0 aliphatic carbocycles. The molecule has 0 saturated heterocycles. The van der Waals surface area contributed by atoms with Gasteiger partial charge in [-0.25, -0.2) is 0 Å². The number of nitrogens with zero attached hydrogens (tertiary/aromatic N) is 1. The van der Waals surface area contributed by atoms with Gasteiger partial charge in [-0.1, -0.05) is 43.3 Å². The van der Waals surface area contributed by atoms with Gasteiger partial charge in [0.1, 0.15) is 0 Å². The van der Waals surface area contributed by atoms with Gasteiger partial charge in [-0.2, -0.15) is 0 Å². The minimum Gasteiger partial charge on any atom is -0.367 e. The summed E-state index contributed by atoms with van der Waals surface area (Å²) in [6.07, 6.45) is 3.59. The highest BCUT2D eigenvalue weighted by atomic mass is 16.2. The van der Waals surface area contributed by atoms with E-state index in [0.717, 1.165) is 38.8 Å².